The summed E-state index contributed by atoms with van der Waals surface area (Å²) in [6.45, 7) is 0. The molecule has 0 bridgehead atoms. The number of carbonyl (C=O) groups is 1. The van der Waals surface area contributed by atoms with Crippen molar-refractivity contribution < 1.29 is 9.90 Å². The van der Waals surface area contributed by atoms with Crippen molar-refractivity contribution in [2.45, 2.75) is 5.03 Å². The molecule has 1 amide bonds. The van der Waals surface area contributed by atoms with Crippen molar-refractivity contribution in [1.29, 1.82) is 0 Å². The Hall–Kier alpha value is -2.12. The zero-order valence-electron chi connectivity index (χ0n) is 10.8. The second-order valence-corrected chi connectivity index (χ2v) is 6.08. The molecule has 1 aromatic carbocycles. The van der Waals surface area contributed by atoms with Crippen LogP contribution in [0.15, 0.2) is 47.1 Å². The normalized spacial score (nSPS) is 10.7. The zero-order valence-corrected chi connectivity index (χ0v) is 12.4. The van der Waals surface area contributed by atoms with E-state index in [2.05, 4.69) is 15.3 Å². The van der Waals surface area contributed by atoms with Crippen LogP contribution in [0.5, 0.6) is 5.75 Å². The Morgan fingerprint density at radius 1 is 1.24 bits per heavy atom. The Balaban J connectivity index is 1.63. The molecular formula is C14H11N3O2S2. The molecule has 0 radical (unpaired) electrons. The zero-order chi connectivity index (χ0) is 14.7. The molecule has 0 unspecified atom stereocenters. The highest BCUT2D eigenvalue weighted by Crippen LogP contribution is 2.28. The minimum absolute atomic E-state index is 0.117. The molecule has 3 rings (SSSR count). The van der Waals surface area contributed by atoms with Gasteiger partial charge in [-0.2, -0.15) is 0 Å². The number of nitrogens with zero attached hydrogens (tertiary/aromatic N) is 2. The molecule has 0 aliphatic heterocycles. The van der Waals surface area contributed by atoms with Crippen LogP contribution in [0.2, 0.25) is 0 Å². The van der Waals surface area contributed by atoms with E-state index in [0.717, 1.165) is 15.2 Å². The van der Waals surface area contributed by atoms with Gasteiger partial charge in [0.2, 0.25) is 5.91 Å². The Morgan fingerprint density at radius 3 is 2.86 bits per heavy atom. The van der Waals surface area contributed by atoms with Crippen molar-refractivity contribution in [2.75, 3.05) is 11.1 Å². The Labute approximate surface area is 129 Å². The Bertz CT molecular complexity index is 771. The van der Waals surface area contributed by atoms with Crippen LogP contribution in [0.4, 0.5) is 5.69 Å². The third kappa shape index (κ3) is 3.32. The summed E-state index contributed by atoms with van der Waals surface area (Å²) in [5.41, 5.74) is 1.55. The summed E-state index contributed by atoms with van der Waals surface area (Å²) >= 11 is 2.95. The molecule has 0 atom stereocenters. The highest BCUT2D eigenvalue weighted by molar-refractivity contribution is 8.00. The minimum atomic E-state index is -0.117. The summed E-state index contributed by atoms with van der Waals surface area (Å²) in [5.74, 6) is 0.322. The number of nitrogens with one attached hydrogen (secondary N) is 1. The third-order valence-electron chi connectivity index (χ3n) is 2.70. The number of amides is 1. The maximum Gasteiger partial charge on any atom is 0.234 e. The van der Waals surface area contributed by atoms with Crippen LogP contribution >= 0.6 is 23.1 Å². The molecule has 0 spiro atoms. The average molecular weight is 317 g/mol. The number of anilines is 1. The quantitative estimate of drug-likeness (QED) is 0.439. The van der Waals surface area contributed by atoms with Gasteiger partial charge in [0.25, 0.3) is 0 Å². The summed E-state index contributed by atoms with van der Waals surface area (Å²) in [6.07, 6.45) is 1.51. The van der Waals surface area contributed by atoms with Gasteiger partial charge in [-0.1, -0.05) is 11.8 Å². The van der Waals surface area contributed by atoms with Gasteiger partial charge >= 0.3 is 0 Å². The van der Waals surface area contributed by atoms with Gasteiger partial charge in [-0.3, -0.25) is 4.79 Å². The van der Waals surface area contributed by atoms with E-state index in [0.29, 0.717) is 5.69 Å². The van der Waals surface area contributed by atoms with Crippen molar-refractivity contribution in [3.8, 4) is 5.75 Å². The lowest BCUT2D eigenvalue weighted by molar-refractivity contribution is -0.113. The topological polar surface area (TPSA) is 75.1 Å². The fourth-order valence-corrected chi connectivity index (χ4v) is 3.49. The second-order valence-electron chi connectivity index (χ2n) is 4.20. The van der Waals surface area contributed by atoms with Gasteiger partial charge in [0.1, 0.15) is 17.1 Å². The van der Waals surface area contributed by atoms with E-state index in [1.807, 2.05) is 11.4 Å². The molecule has 2 heterocycles. The molecule has 0 saturated heterocycles. The van der Waals surface area contributed by atoms with E-state index in [1.54, 1.807) is 23.5 Å². The average Bonchev–Trinajstić information content (AvgIpc) is 2.96. The smallest absolute Gasteiger partial charge is 0.234 e. The van der Waals surface area contributed by atoms with Crippen molar-refractivity contribution in [1.82, 2.24) is 9.97 Å². The molecule has 0 aliphatic carbocycles. The maximum atomic E-state index is 11.9. The van der Waals surface area contributed by atoms with Gasteiger partial charge in [-0.15, -0.1) is 11.3 Å². The molecule has 5 nitrogen and oxygen atoms in total. The van der Waals surface area contributed by atoms with Gasteiger partial charge in [0.15, 0.2) is 0 Å². The van der Waals surface area contributed by atoms with Gasteiger partial charge < -0.3 is 10.4 Å². The van der Waals surface area contributed by atoms with Crippen LogP contribution in [0, 0.1) is 0 Å². The first kappa shape index (κ1) is 13.8. The lowest BCUT2D eigenvalue weighted by Gasteiger charge is -2.05. The summed E-state index contributed by atoms with van der Waals surface area (Å²) in [4.78, 5) is 20.3. The highest BCUT2D eigenvalue weighted by atomic mass is 32.2. The van der Waals surface area contributed by atoms with Crippen LogP contribution in [-0.4, -0.2) is 26.7 Å². The second kappa shape index (κ2) is 6.11. The molecule has 0 fully saturated rings. The molecule has 0 saturated carbocycles. The molecule has 21 heavy (non-hydrogen) atoms. The van der Waals surface area contributed by atoms with Gasteiger partial charge in [-0.05, 0) is 35.7 Å². The van der Waals surface area contributed by atoms with Gasteiger partial charge in [0, 0.05) is 5.69 Å². The van der Waals surface area contributed by atoms with Crippen molar-refractivity contribution in [3.05, 3.63) is 42.0 Å². The summed E-state index contributed by atoms with van der Waals surface area (Å²) < 4.78 is 1.000. The number of thiophene rings is 1. The lowest BCUT2D eigenvalue weighted by atomic mass is 10.3. The number of aromatic hydroxyl groups is 1. The van der Waals surface area contributed by atoms with Crippen molar-refractivity contribution >= 4 is 44.9 Å². The minimum Gasteiger partial charge on any atom is -0.508 e. The SMILES string of the molecule is O=C(CSc1ncnc2ccsc12)Nc1ccc(O)cc1. The number of hydrogen-bond acceptors (Lipinski definition) is 6. The Kier molecular flexibility index (Phi) is 4.03. The largest absolute Gasteiger partial charge is 0.508 e. The van der Waals surface area contributed by atoms with E-state index in [-0.39, 0.29) is 17.4 Å². The number of carbonyl (C=O) groups excluding carboxylic acids is 1. The number of aromatic nitrogens is 2. The van der Waals surface area contributed by atoms with Crippen LogP contribution in [0.25, 0.3) is 10.2 Å². The van der Waals surface area contributed by atoms with E-state index < -0.39 is 0 Å². The molecule has 2 N–H and O–H groups in total. The lowest BCUT2D eigenvalue weighted by Crippen LogP contribution is -2.13. The number of rotatable bonds is 4. The van der Waals surface area contributed by atoms with E-state index in [4.69, 9.17) is 0 Å². The maximum absolute atomic E-state index is 11.9. The summed E-state index contributed by atoms with van der Waals surface area (Å²) in [5, 5.41) is 14.7. The standard InChI is InChI=1S/C14H11N3O2S2/c18-10-3-1-9(2-4-10)17-12(19)7-21-14-13-11(5-6-20-13)15-8-16-14/h1-6,8,18H,7H2,(H,17,19). The monoisotopic (exact) mass is 317 g/mol. The molecule has 0 aliphatic rings. The third-order valence-corrected chi connectivity index (χ3v) is 4.73. The number of hydrogen-bond donors (Lipinski definition) is 2. The summed E-state index contributed by atoms with van der Waals surface area (Å²) in [7, 11) is 0. The van der Waals surface area contributed by atoms with Crippen molar-refractivity contribution in [2.24, 2.45) is 0 Å². The number of phenols is 1. The number of fused-ring (bicyclic) bond motifs is 1. The fourth-order valence-electron chi connectivity index (χ4n) is 1.74. The van der Waals surface area contributed by atoms with Crippen LogP contribution < -0.4 is 5.32 Å². The first-order valence-corrected chi connectivity index (χ1v) is 7.99. The van der Waals surface area contributed by atoms with Crippen molar-refractivity contribution in [3.63, 3.8) is 0 Å². The van der Waals surface area contributed by atoms with Crippen LogP contribution in [0.3, 0.4) is 0 Å². The van der Waals surface area contributed by atoms with E-state index >= 15 is 0 Å². The molecule has 7 heteroatoms. The number of thioether (sulfide) groups is 1. The predicted octanol–water partition coefficient (Wildman–Crippen LogP) is 3.13. The first-order valence-electron chi connectivity index (χ1n) is 6.12. The number of phenolic OH excluding ortho intramolecular Hbond substituents is 1. The van der Waals surface area contributed by atoms with E-state index in [1.165, 1.54) is 30.2 Å². The number of benzene rings is 1. The predicted molar refractivity (Wildman–Crippen MR) is 84.9 cm³/mol. The Morgan fingerprint density at radius 2 is 2.05 bits per heavy atom. The molecule has 3 aromatic rings. The van der Waals surface area contributed by atoms with Crippen LogP contribution in [-0.2, 0) is 4.79 Å². The van der Waals surface area contributed by atoms with Crippen LogP contribution in [0.1, 0.15) is 0 Å². The molecule has 106 valence electrons. The highest BCUT2D eigenvalue weighted by Gasteiger charge is 2.09. The molecular weight excluding hydrogens is 306 g/mol. The first-order chi connectivity index (χ1) is 10.2. The molecule has 2 aromatic heterocycles. The van der Waals surface area contributed by atoms with Gasteiger partial charge in [-0.25, -0.2) is 9.97 Å². The van der Waals surface area contributed by atoms with E-state index in [9.17, 15) is 9.90 Å². The fraction of sp³-hybridized carbons (Fsp3) is 0.0714. The summed E-state index contributed by atoms with van der Waals surface area (Å²) in [6, 6.07) is 8.30. The van der Waals surface area contributed by atoms with Gasteiger partial charge in [0.05, 0.1) is 16.0 Å².